The monoisotopic (exact) mass is 515 g/mol. The predicted octanol–water partition coefficient (Wildman–Crippen LogP) is 2.01. The number of hydrogen-bond donors (Lipinski definition) is 2. The fourth-order valence-corrected chi connectivity index (χ4v) is 3.14. The van der Waals surface area contributed by atoms with Gasteiger partial charge >= 0.3 is 0 Å². The van der Waals surface area contributed by atoms with Crippen LogP contribution in [0.5, 0.6) is 0 Å². The number of nitrogens with one attached hydrogen (secondary N) is 2. The highest BCUT2D eigenvalue weighted by Gasteiger charge is 2.25. The Hall–Kier alpha value is -2.41. The van der Waals surface area contributed by atoms with E-state index in [1.165, 1.54) is 6.07 Å². The smallest absolute Gasteiger partial charge is 0.292 e. The van der Waals surface area contributed by atoms with Crippen molar-refractivity contribution in [2.45, 2.75) is 6.10 Å². The molecule has 2 heterocycles. The van der Waals surface area contributed by atoms with Gasteiger partial charge in [0.2, 0.25) is 0 Å². The molecule has 1 fully saturated rings. The van der Waals surface area contributed by atoms with Gasteiger partial charge in [-0.1, -0.05) is 12.1 Å². The summed E-state index contributed by atoms with van der Waals surface area (Å²) in [4.78, 5) is 17.2. The van der Waals surface area contributed by atoms with Crippen LogP contribution in [0.15, 0.2) is 41.7 Å². The average molecular weight is 515 g/mol. The Bertz CT molecular complexity index is 842. The lowest BCUT2D eigenvalue weighted by molar-refractivity contribution is -0.384. The minimum absolute atomic E-state index is 0. The minimum atomic E-state index is -0.388. The number of hydrogen-bond acceptors (Lipinski definition) is 6. The lowest BCUT2D eigenvalue weighted by atomic mass is 10.1. The molecule has 1 aliphatic rings. The van der Waals surface area contributed by atoms with Crippen LogP contribution in [0.3, 0.4) is 0 Å². The minimum Gasteiger partial charge on any atom is -0.378 e. The fraction of sp³-hybridized carbons (Fsp3) is 0.444. The van der Waals surface area contributed by atoms with Crippen LogP contribution in [0.2, 0.25) is 0 Å². The van der Waals surface area contributed by atoms with E-state index in [-0.39, 0.29) is 40.7 Å². The number of nitro groups is 1. The van der Waals surface area contributed by atoms with Gasteiger partial charge in [0.25, 0.3) is 5.69 Å². The summed E-state index contributed by atoms with van der Waals surface area (Å²) in [6, 6.07) is 6.61. The molecule has 0 bridgehead atoms. The summed E-state index contributed by atoms with van der Waals surface area (Å²) in [7, 11) is 3.63. The summed E-state index contributed by atoms with van der Waals surface area (Å²) < 4.78 is 7.63. The van der Waals surface area contributed by atoms with Crippen molar-refractivity contribution in [3.8, 4) is 0 Å². The second-order valence-electron chi connectivity index (χ2n) is 6.43. The van der Waals surface area contributed by atoms with Crippen molar-refractivity contribution in [3.63, 3.8) is 0 Å². The number of anilines is 1. The third-order valence-electron chi connectivity index (χ3n) is 4.50. The summed E-state index contributed by atoms with van der Waals surface area (Å²) >= 11 is 0. The maximum atomic E-state index is 11.1. The van der Waals surface area contributed by atoms with Crippen molar-refractivity contribution in [1.82, 2.24) is 20.0 Å². The molecular weight excluding hydrogens is 489 g/mol. The topological polar surface area (TPSA) is 110 Å². The molecule has 1 saturated heterocycles. The third-order valence-corrected chi connectivity index (χ3v) is 4.50. The second kappa shape index (κ2) is 11.0. The summed E-state index contributed by atoms with van der Waals surface area (Å²) in [5.41, 5.74) is 1.62. The van der Waals surface area contributed by atoms with Crippen molar-refractivity contribution in [2.24, 2.45) is 12.0 Å². The molecule has 0 radical (unpaired) electrons. The molecule has 1 unspecified atom stereocenters. The molecule has 1 aromatic carbocycles. The number of aryl methyl sites for hydroxylation is 1. The van der Waals surface area contributed by atoms with Crippen molar-refractivity contribution in [2.75, 3.05) is 45.2 Å². The first kappa shape index (κ1) is 22.9. The Morgan fingerprint density at radius 1 is 1.41 bits per heavy atom. The standard InChI is InChI=1S/C18H25N7O3.HI/c1-19-18(21-8-7-20-15-5-3-4-6-16(15)25(26)27)24-9-10-28-17(13-24)14-11-22-23(2)12-14;/h3-6,11-12,17,20H,7-10,13H2,1-2H3,(H,19,21);1H. The van der Waals surface area contributed by atoms with Crippen molar-refractivity contribution in [3.05, 3.63) is 52.3 Å². The highest BCUT2D eigenvalue weighted by Crippen LogP contribution is 2.23. The zero-order valence-corrected chi connectivity index (χ0v) is 18.8. The molecule has 11 heteroatoms. The van der Waals surface area contributed by atoms with Crippen LogP contribution in [0.25, 0.3) is 0 Å². The van der Waals surface area contributed by atoms with E-state index in [9.17, 15) is 10.1 Å². The lowest BCUT2D eigenvalue weighted by Gasteiger charge is -2.34. The molecule has 2 N–H and O–H groups in total. The Labute approximate surface area is 186 Å². The third kappa shape index (κ3) is 6.03. The number of halogens is 1. The Kier molecular flexibility index (Phi) is 8.64. The molecule has 158 valence electrons. The van der Waals surface area contributed by atoms with Crippen LogP contribution in [-0.4, -0.2) is 65.4 Å². The molecule has 0 amide bonds. The molecule has 0 aliphatic carbocycles. The number of ether oxygens (including phenoxy) is 1. The van der Waals surface area contributed by atoms with Crippen molar-refractivity contribution in [1.29, 1.82) is 0 Å². The van der Waals surface area contributed by atoms with Crippen LogP contribution in [-0.2, 0) is 11.8 Å². The van der Waals surface area contributed by atoms with E-state index >= 15 is 0 Å². The van der Waals surface area contributed by atoms with Gasteiger partial charge in [0, 0.05) is 51.6 Å². The Morgan fingerprint density at radius 3 is 2.90 bits per heavy atom. The SMILES string of the molecule is CN=C(NCCNc1ccccc1[N+](=O)[O-])N1CCOC(c2cnn(C)c2)C1.I. The molecule has 1 atom stereocenters. The number of morpholine rings is 1. The maximum Gasteiger partial charge on any atom is 0.292 e. The number of rotatable bonds is 6. The van der Waals surface area contributed by atoms with E-state index < -0.39 is 0 Å². The zero-order chi connectivity index (χ0) is 19.9. The van der Waals surface area contributed by atoms with Crippen LogP contribution >= 0.6 is 24.0 Å². The van der Waals surface area contributed by atoms with Gasteiger partial charge in [-0.2, -0.15) is 5.10 Å². The number of aromatic nitrogens is 2. The van der Waals surface area contributed by atoms with Gasteiger partial charge in [0.05, 0.1) is 24.3 Å². The van der Waals surface area contributed by atoms with Gasteiger partial charge in [0.1, 0.15) is 11.8 Å². The summed E-state index contributed by atoms with van der Waals surface area (Å²) in [6.07, 6.45) is 3.73. The van der Waals surface area contributed by atoms with Gasteiger partial charge < -0.3 is 20.3 Å². The molecule has 3 rings (SSSR count). The molecule has 1 aromatic heterocycles. The van der Waals surface area contributed by atoms with Gasteiger partial charge in [-0.05, 0) is 6.07 Å². The molecule has 2 aromatic rings. The number of nitro benzene ring substituents is 1. The van der Waals surface area contributed by atoms with E-state index in [4.69, 9.17) is 4.74 Å². The van der Waals surface area contributed by atoms with Gasteiger partial charge in [0.15, 0.2) is 5.96 Å². The highest BCUT2D eigenvalue weighted by atomic mass is 127. The first-order chi connectivity index (χ1) is 13.6. The molecular formula is C18H26IN7O3. The van der Waals surface area contributed by atoms with Crippen molar-refractivity contribution >= 4 is 41.3 Å². The molecule has 0 saturated carbocycles. The quantitative estimate of drug-likeness (QED) is 0.151. The maximum absolute atomic E-state index is 11.1. The highest BCUT2D eigenvalue weighted by molar-refractivity contribution is 14.0. The summed E-state index contributed by atoms with van der Waals surface area (Å²) in [5, 5.41) is 21.7. The second-order valence-corrected chi connectivity index (χ2v) is 6.43. The lowest BCUT2D eigenvalue weighted by Crippen LogP contribution is -2.49. The first-order valence-electron chi connectivity index (χ1n) is 9.11. The number of para-hydroxylation sites is 2. The molecule has 10 nitrogen and oxygen atoms in total. The van der Waals surface area contributed by atoms with Crippen LogP contribution in [0, 0.1) is 10.1 Å². The van der Waals surface area contributed by atoms with E-state index in [1.807, 2.05) is 19.4 Å². The molecule has 29 heavy (non-hydrogen) atoms. The van der Waals surface area contributed by atoms with E-state index in [1.54, 1.807) is 29.9 Å². The Balaban J connectivity index is 0.00000300. The van der Waals surface area contributed by atoms with E-state index in [0.717, 1.165) is 18.1 Å². The number of benzene rings is 1. The number of guanidine groups is 1. The molecule has 0 spiro atoms. The van der Waals surface area contributed by atoms with Gasteiger partial charge in [-0.15, -0.1) is 24.0 Å². The number of aliphatic imine (C=N–C) groups is 1. The fourth-order valence-electron chi connectivity index (χ4n) is 3.14. The van der Waals surface area contributed by atoms with Crippen LogP contribution in [0.4, 0.5) is 11.4 Å². The molecule has 1 aliphatic heterocycles. The van der Waals surface area contributed by atoms with Crippen LogP contribution in [0.1, 0.15) is 11.7 Å². The first-order valence-corrected chi connectivity index (χ1v) is 9.11. The van der Waals surface area contributed by atoms with E-state index in [0.29, 0.717) is 31.9 Å². The largest absolute Gasteiger partial charge is 0.378 e. The summed E-state index contributed by atoms with van der Waals surface area (Å²) in [5.74, 6) is 0.779. The van der Waals surface area contributed by atoms with Gasteiger partial charge in [-0.25, -0.2) is 0 Å². The Morgan fingerprint density at radius 2 is 2.21 bits per heavy atom. The summed E-state index contributed by atoms with van der Waals surface area (Å²) in [6.45, 7) is 3.14. The van der Waals surface area contributed by atoms with Crippen LogP contribution < -0.4 is 10.6 Å². The average Bonchev–Trinajstić information content (AvgIpc) is 3.15. The predicted molar refractivity (Wildman–Crippen MR) is 122 cm³/mol. The van der Waals surface area contributed by atoms with Gasteiger partial charge in [-0.3, -0.25) is 19.8 Å². The van der Waals surface area contributed by atoms with E-state index in [2.05, 4.69) is 25.6 Å². The van der Waals surface area contributed by atoms with Crippen molar-refractivity contribution < 1.29 is 9.66 Å². The normalized spacial score (nSPS) is 16.8. The zero-order valence-electron chi connectivity index (χ0n) is 16.4. The number of nitrogens with zero attached hydrogens (tertiary/aromatic N) is 5.